The van der Waals surface area contributed by atoms with E-state index < -0.39 is 12.7 Å². The smallest absolute Gasteiger partial charge is 0.228 e. The predicted octanol–water partition coefficient (Wildman–Crippen LogP) is 2.49. The summed E-state index contributed by atoms with van der Waals surface area (Å²) in [5.41, 5.74) is 5.74. The topological polar surface area (TPSA) is 35.2 Å². The number of halogens is 3. The van der Waals surface area contributed by atoms with Gasteiger partial charge in [0.1, 0.15) is 11.6 Å². The highest BCUT2D eigenvalue weighted by Crippen LogP contribution is 2.16. The molecule has 0 radical (unpaired) electrons. The van der Waals surface area contributed by atoms with Crippen LogP contribution in [-0.4, -0.2) is 13.4 Å². The molecule has 5 heteroatoms. The van der Waals surface area contributed by atoms with Crippen LogP contribution in [0.25, 0.3) is 5.76 Å². The van der Waals surface area contributed by atoms with Crippen LogP contribution in [0.4, 0.5) is 8.78 Å². The van der Waals surface area contributed by atoms with E-state index in [1.165, 1.54) is 24.3 Å². The minimum Gasteiger partial charge on any atom is -0.463 e. The van der Waals surface area contributed by atoms with E-state index >= 15 is 0 Å². The standard InChI is InChI=1S/C10H11F2NO.ClH/c11-7-14-10(4-5-13)8-2-1-3-9(12)6-8;/h1-4,6H,5,7,13H2;1H/b10-4-;. The Morgan fingerprint density at radius 2 is 2.20 bits per heavy atom. The van der Waals surface area contributed by atoms with Crippen LogP contribution in [0.5, 0.6) is 0 Å². The van der Waals surface area contributed by atoms with E-state index in [0.717, 1.165) is 0 Å². The predicted molar refractivity (Wildman–Crippen MR) is 57.7 cm³/mol. The maximum Gasteiger partial charge on any atom is 0.228 e. The molecule has 0 spiro atoms. The van der Waals surface area contributed by atoms with Crippen LogP contribution in [-0.2, 0) is 4.74 Å². The summed E-state index contributed by atoms with van der Waals surface area (Å²) in [5, 5.41) is 0. The molecule has 0 bridgehead atoms. The number of hydrogen-bond acceptors (Lipinski definition) is 2. The second-order valence-electron chi connectivity index (χ2n) is 2.57. The van der Waals surface area contributed by atoms with Gasteiger partial charge in [0.2, 0.25) is 6.86 Å². The van der Waals surface area contributed by atoms with Gasteiger partial charge in [-0.05, 0) is 18.2 Å². The number of benzene rings is 1. The summed E-state index contributed by atoms with van der Waals surface area (Å²) in [6.45, 7) is -0.742. The van der Waals surface area contributed by atoms with Crippen molar-refractivity contribution in [2.24, 2.45) is 5.73 Å². The summed E-state index contributed by atoms with van der Waals surface area (Å²) in [6.07, 6.45) is 1.49. The quantitative estimate of drug-likeness (QED) is 0.814. The van der Waals surface area contributed by atoms with E-state index in [9.17, 15) is 8.78 Å². The molecule has 0 unspecified atom stereocenters. The van der Waals surface area contributed by atoms with Gasteiger partial charge in [-0.1, -0.05) is 12.1 Å². The van der Waals surface area contributed by atoms with Gasteiger partial charge in [-0.3, -0.25) is 0 Å². The number of nitrogens with two attached hydrogens (primary N) is 1. The maximum absolute atomic E-state index is 12.8. The lowest BCUT2D eigenvalue weighted by Crippen LogP contribution is -1.98. The number of hydrogen-bond donors (Lipinski definition) is 1. The van der Waals surface area contributed by atoms with Crippen LogP contribution in [0, 0.1) is 5.82 Å². The highest BCUT2D eigenvalue weighted by atomic mass is 35.5. The van der Waals surface area contributed by atoms with Crippen LogP contribution in [0.3, 0.4) is 0 Å². The molecule has 0 fully saturated rings. The molecule has 0 atom stereocenters. The molecule has 0 aromatic heterocycles. The van der Waals surface area contributed by atoms with Gasteiger partial charge in [0.15, 0.2) is 0 Å². The molecule has 0 amide bonds. The molecule has 0 saturated carbocycles. The normalized spacial score (nSPS) is 10.7. The van der Waals surface area contributed by atoms with Crippen LogP contribution >= 0.6 is 12.4 Å². The van der Waals surface area contributed by atoms with E-state index in [1.54, 1.807) is 6.07 Å². The van der Waals surface area contributed by atoms with Crippen LogP contribution in [0.15, 0.2) is 30.3 Å². The number of alkyl halides is 1. The van der Waals surface area contributed by atoms with Gasteiger partial charge in [-0.25, -0.2) is 8.78 Å². The third-order valence-electron chi connectivity index (χ3n) is 1.62. The summed E-state index contributed by atoms with van der Waals surface area (Å²) in [6, 6.07) is 5.72. The van der Waals surface area contributed by atoms with Gasteiger partial charge in [0.25, 0.3) is 0 Å². The van der Waals surface area contributed by atoms with Crippen molar-refractivity contribution in [2.75, 3.05) is 13.4 Å². The van der Waals surface area contributed by atoms with E-state index in [1.807, 2.05) is 0 Å². The van der Waals surface area contributed by atoms with Gasteiger partial charge in [0, 0.05) is 12.1 Å². The molecular weight excluding hydrogens is 224 g/mol. The van der Waals surface area contributed by atoms with Gasteiger partial charge in [-0.15, -0.1) is 12.4 Å². The van der Waals surface area contributed by atoms with E-state index in [0.29, 0.717) is 5.56 Å². The Labute approximate surface area is 93.1 Å². The summed E-state index contributed by atoms with van der Waals surface area (Å²) < 4.78 is 29.4. The average Bonchev–Trinajstić information content (AvgIpc) is 2.17. The lowest BCUT2D eigenvalue weighted by Gasteiger charge is -2.06. The first-order chi connectivity index (χ1) is 6.77. The molecule has 0 aliphatic carbocycles. The van der Waals surface area contributed by atoms with Gasteiger partial charge < -0.3 is 10.5 Å². The van der Waals surface area contributed by atoms with Crippen molar-refractivity contribution in [2.45, 2.75) is 0 Å². The molecule has 15 heavy (non-hydrogen) atoms. The lowest BCUT2D eigenvalue weighted by molar-refractivity contribution is 0.160. The van der Waals surface area contributed by atoms with E-state index in [-0.39, 0.29) is 24.7 Å². The Balaban J connectivity index is 0.00000196. The van der Waals surface area contributed by atoms with Crippen LogP contribution in [0.1, 0.15) is 5.56 Å². The highest BCUT2D eigenvalue weighted by Gasteiger charge is 2.02. The van der Waals surface area contributed by atoms with Crippen LogP contribution < -0.4 is 5.73 Å². The minimum atomic E-state index is -0.956. The van der Waals surface area contributed by atoms with Crippen molar-refractivity contribution in [1.82, 2.24) is 0 Å². The molecule has 0 aliphatic rings. The number of rotatable bonds is 4. The fourth-order valence-corrected chi connectivity index (χ4v) is 1.07. The molecule has 0 aliphatic heterocycles. The Kier molecular flexibility index (Phi) is 6.66. The second-order valence-corrected chi connectivity index (χ2v) is 2.57. The molecule has 1 rings (SSSR count). The Bertz CT molecular complexity index is 331. The third-order valence-corrected chi connectivity index (χ3v) is 1.62. The molecule has 84 valence electrons. The van der Waals surface area contributed by atoms with Gasteiger partial charge in [-0.2, -0.15) is 0 Å². The monoisotopic (exact) mass is 235 g/mol. The van der Waals surface area contributed by atoms with Crippen molar-refractivity contribution >= 4 is 18.2 Å². The lowest BCUT2D eigenvalue weighted by atomic mass is 10.2. The largest absolute Gasteiger partial charge is 0.463 e. The molecule has 2 nitrogen and oxygen atoms in total. The van der Waals surface area contributed by atoms with Gasteiger partial charge in [0.05, 0.1) is 0 Å². The Hall–Kier alpha value is -1.13. The molecule has 1 aromatic carbocycles. The summed E-state index contributed by atoms with van der Waals surface area (Å²) in [5.74, 6) is -0.137. The first-order valence-corrected chi connectivity index (χ1v) is 4.13. The summed E-state index contributed by atoms with van der Waals surface area (Å²) >= 11 is 0. The fraction of sp³-hybridized carbons (Fsp3) is 0.200. The zero-order valence-corrected chi connectivity index (χ0v) is 8.77. The van der Waals surface area contributed by atoms with Crippen molar-refractivity contribution in [3.8, 4) is 0 Å². The minimum absolute atomic E-state index is 0. The van der Waals surface area contributed by atoms with Crippen molar-refractivity contribution in [3.63, 3.8) is 0 Å². The van der Waals surface area contributed by atoms with Crippen molar-refractivity contribution in [1.29, 1.82) is 0 Å². The molecule has 0 saturated heterocycles. The van der Waals surface area contributed by atoms with Crippen molar-refractivity contribution in [3.05, 3.63) is 41.7 Å². The Morgan fingerprint density at radius 3 is 2.73 bits per heavy atom. The highest BCUT2D eigenvalue weighted by molar-refractivity contribution is 5.85. The average molecular weight is 236 g/mol. The first kappa shape index (κ1) is 13.9. The molecule has 0 heterocycles. The third kappa shape index (κ3) is 4.27. The maximum atomic E-state index is 12.8. The zero-order valence-electron chi connectivity index (χ0n) is 7.95. The molecular formula is C10H12ClF2NO. The van der Waals surface area contributed by atoms with E-state index in [4.69, 9.17) is 5.73 Å². The number of ether oxygens (including phenoxy) is 1. The first-order valence-electron chi connectivity index (χ1n) is 4.13. The van der Waals surface area contributed by atoms with Crippen molar-refractivity contribution < 1.29 is 13.5 Å². The molecule has 2 N–H and O–H groups in total. The second kappa shape index (κ2) is 7.20. The summed E-state index contributed by atoms with van der Waals surface area (Å²) in [7, 11) is 0. The van der Waals surface area contributed by atoms with Crippen LogP contribution in [0.2, 0.25) is 0 Å². The Morgan fingerprint density at radius 1 is 1.47 bits per heavy atom. The fourth-order valence-electron chi connectivity index (χ4n) is 1.07. The van der Waals surface area contributed by atoms with Gasteiger partial charge >= 0.3 is 0 Å². The zero-order chi connectivity index (χ0) is 10.4. The van der Waals surface area contributed by atoms with E-state index in [2.05, 4.69) is 4.74 Å². The summed E-state index contributed by atoms with van der Waals surface area (Å²) in [4.78, 5) is 0. The SMILES string of the molecule is Cl.NC/C=C(\OCF)c1cccc(F)c1. The molecule has 1 aromatic rings.